The minimum Gasteiger partial charge on any atom is -0.312 e. The van der Waals surface area contributed by atoms with Crippen LogP contribution in [-0.2, 0) is 6.42 Å². The number of nitrogens with one attached hydrogen (secondary N) is 1. The predicted molar refractivity (Wildman–Crippen MR) is 84.5 cm³/mol. The van der Waals surface area contributed by atoms with Crippen LogP contribution in [0.1, 0.15) is 25.8 Å². The largest absolute Gasteiger partial charge is 0.312 e. The van der Waals surface area contributed by atoms with Crippen LogP contribution in [0, 0.1) is 5.82 Å². The van der Waals surface area contributed by atoms with Crippen molar-refractivity contribution in [3.8, 4) is 10.6 Å². The van der Waals surface area contributed by atoms with Crippen molar-refractivity contribution in [3.63, 3.8) is 0 Å². The zero-order valence-electron chi connectivity index (χ0n) is 11.7. The molecule has 2 aromatic rings. The molecule has 6 heteroatoms. The Labute approximate surface area is 130 Å². The van der Waals surface area contributed by atoms with Crippen LogP contribution in [0.15, 0.2) is 22.7 Å². The topological polar surface area (TPSA) is 37.8 Å². The van der Waals surface area contributed by atoms with Crippen LogP contribution < -0.4 is 5.32 Å². The first kappa shape index (κ1) is 15.5. The SMILES string of the molecule is CC(C)(C)NCCc1nnc(-c2cccc(F)c2Br)s1. The molecule has 0 atom stereocenters. The van der Waals surface area contributed by atoms with Crippen molar-refractivity contribution in [2.45, 2.75) is 32.7 Å². The first-order valence-electron chi connectivity index (χ1n) is 6.38. The minimum absolute atomic E-state index is 0.0963. The fraction of sp³-hybridized carbons (Fsp3) is 0.429. The monoisotopic (exact) mass is 357 g/mol. The van der Waals surface area contributed by atoms with Crippen LogP contribution in [0.3, 0.4) is 0 Å². The van der Waals surface area contributed by atoms with E-state index in [9.17, 15) is 4.39 Å². The summed E-state index contributed by atoms with van der Waals surface area (Å²) in [5, 5.41) is 13.4. The summed E-state index contributed by atoms with van der Waals surface area (Å²) in [6.07, 6.45) is 0.821. The van der Waals surface area contributed by atoms with Gasteiger partial charge in [0.1, 0.15) is 15.8 Å². The summed E-state index contributed by atoms with van der Waals surface area (Å²) in [4.78, 5) is 0. The molecule has 0 aliphatic carbocycles. The molecule has 0 radical (unpaired) electrons. The molecule has 1 heterocycles. The van der Waals surface area contributed by atoms with Gasteiger partial charge in [-0.25, -0.2) is 4.39 Å². The normalized spacial score (nSPS) is 11.8. The lowest BCUT2D eigenvalue weighted by Gasteiger charge is -2.19. The van der Waals surface area contributed by atoms with Crippen LogP contribution in [0.25, 0.3) is 10.6 Å². The Hall–Kier alpha value is -0.850. The Bertz CT molecular complexity index is 592. The van der Waals surface area contributed by atoms with Gasteiger partial charge in [0, 0.05) is 24.1 Å². The molecule has 0 bridgehead atoms. The molecule has 1 aromatic heterocycles. The number of nitrogens with zero attached hydrogens (tertiary/aromatic N) is 2. The number of aromatic nitrogens is 2. The van der Waals surface area contributed by atoms with Crippen LogP contribution in [-0.4, -0.2) is 22.3 Å². The zero-order valence-corrected chi connectivity index (χ0v) is 14.1. The molecule has 0 aliphatic heterocycles. The summed E-state index contributed by atoms with van der Waals surface area (Å²) in [7, 11) is 0. The van der Waals surface area contributed by atoms with Crippen LogP contribution >= 0.6 is 27.3 Å². The summed E-state index contributed by atoms with van der Waals surface area (Å²) in [5.74, 6) is -0.284. The fourth-order valence-corrected chi connectivity index (χ4v) is 3.13. The first-order chi connectivity index (χ1) is 9.37. The van der Waals surface area contributed by atoms with Gasteiger partial charge in [0.2, 0.25) is 0 Å². The Morgan fingerprint density at radius 1 is 1.30 bits per heavy atom. The van der Waals surface area contributed by atoms with Gasteiger partial charge in [0.05, 0.1) is 4.47 Å². The maximum Gasteiger partial charge on any atom is 0.149 e. The highest BCUT2D eigenvalue weighted by molar-refractivity contribution is 9.10. The Morgan fingerprint density at radius 2 is 2.05 bits per heavy atom. The molecule has 0 saturated heterocycles. The standard InChI is InChI=1S/C14H17BrFN3S/c1-14(2,3)17-8-7-11-18-19-13(20-11)9-5-4-6-10(16)12(9)15/h4-6,17H,7-8H2,1-3H3. The van der Waals surface area contributed by atoms with E-state index in [-0.39, 0.29) is 11.4 Å². The first-order valence-corrected chi connectivity index (χ1v) is 7.99. The van der Waals surface area contributed by atoms with Crippen molar-refractivity contribution in [2.75, 3.05) is 6.54 Å². The minimum atomic E-state index is -0.284. The molecule has 0 spiro atoms. The van der Waals surface area contributed by atoms with E-state index in [1.54, 1.807) is 6.07 Å². The van der Waals surface area contributed by atoms with Gasteiger partial charge in [-0.15, -0.1) is 10.2 Å². The van der Waals surface area contributed by atoms with E-state index in [0.29, 0.717) is 4.47 Å². The van der Waals surface area contributed by atoms with Gasteiger partial charge in [-0.1, -0.05) is 23.5 Å². The number of rotatable bonds is 4. The highest BCUT2D eigenvalue weighted by Gasteiger charge is 2.13. The van der Waals surface area contributed by atoms with Gasteiger partial charge >= 0.3 is 0 Å². The van der Waals surface area contributed by atoms with E-state index in [1.807, 2.05) is 6.07 Å². The average Bonchev–Trinajstić information content (AvgIpc) is 2.79. The summed E-state index contributed by atoms with van der Waals surface area (Å²) < 4.78 is 13.9. The van der Waals surface area contributed by atoms with Gasteiger partial charge in [-0.05, 0) is 42.8 Å². The third-order valence-corrected chi connectivity index (χ3v) is 4.47. The van der Waals surface area contributed by atoms with E-state index < -0.39 is 0 Å². The fourth-order valence-electron chi connectivity index (χ4n) is 1.68. The summed E-state index contributed by atoms with van der Waals surface area (Å²) in [6.45, 7) is 7.23. The van der Waals surface area contributed by atoms with E-state index in [1.165, 1.54) is 17.4 Å². The van der Waals surface area contributed by atoms with Gasteiger partial charge in [0.15, 0.2) is 0 Å². The molecule has 0 unspecified atom stereocenters. The summed E-state index contributed by atoms with van der Waals surface area (Å²) in [5.41, 5.74) is 0.844. The number of benzene rings is 1. The van der Waals surface area contributed by atoms with Crippen molar-refractivity contribution in [2.24, 2.45) is 0 Å². The van der Waals surface area contributed by atoms with Crippen molar-refractivity contribution in [1.29, 1.82) is 0 Å². The molecule has 0 fully saturated rings. The van der Waals surface area contributed by atoms with Crippen molar-refractivity contribution < 1.29 is 4.39 Å². The maximum atomic E-state index is 13.5. The van der Waals surface area contributed by atoms with Crippen LogP contribution in [0.2, 0.25) is 0 Å². The Kier molecular flexibility index (Phi) is 4.88. The van der Waals surface area contributed by atoms with Crippen LogP contribution in [0.5, 0.6) is 0 Å². The summed E-state index contributed by atoms with van der Waals surface area (Å²) in [6, 6.07) is 4.94. The molecule has 20 heavy (non-hydrogen) atoms. The molecule has 108 valence electrons. The van der Waals surface area contributed by atoms with Gasteiger partial charge in [-0.3, -0.25) is 0 Å². The van der Waals surface area contributed by atoms with Gasteiger partial charge < -0.3 is 5.32 Å². The van der Waals surface area contributed by atoms with Crippen molar-refractivity contribution >= 4 is 27.3 Å². The summed E-state index contributed by atoms with van der Waals surface area (Å²) >= 11 is 4.76. The number of hydrogen-bond acceptors (Lipinski definition) is 4. The van der Waals surface area contributed by atoms with E-state index in [0.717, 1.165) is 28.5 Å². The van der Waals surface area contributed by atoms with Gasteiger partial charge in [0.25, 0.3) is 0 Å². The number of halogens is 2. The maximum absolute atomic E-state index is 13.5. The molecular formula is C14H17BrFN3S. The molecule has 0 saturated carbocycles. The highest BCUT2D eigenvalue weighted by Crippen LogP contribution is 2.32. The number of hydrogen-bond donors (Lipinski definition) is 1. The van der Waals surface area contributed by atoms with Crippen molar-refractivity contribution in [3.05, 3.63) is 33.5 Å². The Morgan fingerprint density at radius 3 is 2.75 bits per heavy atom. The second-order valence-corrected chi connectivity index (χ2v) is 7.38. The molecule has 1 N–H and O–H groups in total. The zero-order chi connectivity index (χ0) is 14.8. The molecule has 0 amide bonds. The third kappa shape index (κ3) is 4.07. The predicted octanol–water partition coefficient (Wildman–Crippen LogP) is 4.04. The quantitative estimate of drug-likeness (QED) is 0.897. The smallest absolute Gasteiger partial charge is 0.149 e. The third-order valence-electron chi connectivity index (χ3n) is 2.64. The van der Waals surface area contributed by atoms with Gasteiger partial charge in [-0.2, -0.15) is 0 Å². The van der Waals surface area contributed by atoms with Crippen molar-refractivity contribution in [1.82, 2.24) is 15.5 Å². The van der Waals surface area contributed by atoms with E-state index in [2.05, 4.69) is 52.2 Å². The van der Waals surface area contributed by atoms with Crippen LogP contribution in [0.4, 0.5) is 4.39 Å². The molecule has 2 rings (SSSR count). The van der Waals surface area contributed by atoms with E-state index >= 15 is 0 Å². The lowest BCUT2D eigenvalue weighted by molar-refractivity contribution is 0.429. The lowest BCUT2D eigenvalue weighted by Crippen LogP contribution is -2.37. The Balaban J connectivity index is 2.07. The van der Waals surface area contributed by atoms with E-state index in [4.69, 9.17) is 0 Å². The molecule has 0 aliphatic rings. The molecule has 3 nitrogen and oxygen atoms in total. The molecular weight excluding hydrogens is 341 g/mol. The second-order valence-electron chi connectivity index (χ2n) is 5.53. The average molecular weight is 358 g/mol. The lowest BCUT2D eigenvalue weighted by atomic mass is 10.1. The highest BCUT2D eigenvalue weighted by atomic mass is 79.9. The second kappa shape index (κ2) is 6.28. The molecule has 1 aromatic carbocycles.